The molecule has 1 saturated heterocycles. The number of rotatable bonds is 4. The van der Waals surface area contributed by atoms with Crippen molar-refractivity contribution in [2.75, 3.05) is 17.8 Å². The van der Waals surface area contributed by atoms with E-state index in [1.807, 2.05) is 0 Å². The summed E-state index contributed by atoms with van der Waals surface area (Å²) in [5, 5.41) is 0. The van der Waals surface area contributed by atoms with Crippen LogP contribution in [0.5, 0.6) is 0 Å². The molecule has 0 atom stereocenters. The van der Waals surface area contributed by atoms with E-state index in [1.165, 1.54) is 18.2 Å². The van der Waals surface area contributed by atoms with Crippen LogP contribution in [0.1, 0.15) is 33.6 Å². The van der Waals surface area contributed by atoms with Crippen LogP contribution in [-0.2, 0) is 10.0 Å². The number of benzene rings is 2. The Morgan fingerprint density at radius 1 is 0.862 bits per heavy atom. The molecule has 2 aliphatic rings. The maximum Gasteiger partial charge on any atom is 0.268 e. The molecular formula is C20H16F2N2O4S. The number of anilines is 1. The zero-order chi connectivity index (χ0) is 20.8. The van der Waals surface area contributed by atoms with E-state index < -0.39 is 38.1 Å². The number of carbonyl (C=O) groups is 2. The Morgan fingerprint density at radius 2 is 1.48 bits per heavy atom. The van der Waals surface area contributed by atoms with E-state index in [1.54, 1.807) is 11.0 Å². The largest absolute Gasteiger partial charge is 0.367 e. The summed E-state index contributed by atoms with van der Waals surface area (Å²) in [6.45, 7) is 0.890. The number of hydrogen-bond donors (Lipinski definition) is 1. The molecule has 0 aromatic heterocycles. The number of Topliss-reactive ketones (excluding diaryl/α,β-unsaturated/α-hetero) is 2. The summed E-state index contributed by atoms with van der Waals surface area (Å²) in [6.07, 6.45) is 1.52. The van der Waals surface area contributed by atoms with Crippen molar-refractivity contribution in [3.8, 4) is 0 Å². The van der Waals surface area contributed by atoms with Crippen LogP contribution in [-0.4, -0.2) is 38.0 Å². The number of allylic oxidation sites excluding steroid dienone is 2. The highest BCUT2D eigenvalue weighted by Gasteiger charge is 2.42. The second-order valence-electron chi connectivity index (χ2n) is 6.81. The topological polar surface area (TPSA) is 83.6 Å². The Morgan fingerprint density at radius 3 is 2.10 bits per heavy atom. The first-order valence-corrected chi connectivity index (χ1v) is 10.4. The van der Waals surface area contributed by atoms with Gasteiger partial charge in [-0.05, 0) is 25.0 Å². The zero-order valence-electron chi connectivity index (χ0n) is 15.1. The van der Waals surface area contributed by atoms with Crippen molar-refractivity contribution in [3.05, 3.63) is 75.8 Å². The molecule has 0 saturated carbocycles. The summed E-state index contributed by atoms with van der Waals surface area (Å²) in [5.74, 6) is -3.73. The van der Waals surface area contributed by atoms with Gasteiger partial charge >= 0.3 is 0 Å². The Bertz CT molecular complexity index is 1170. The molecule has 0 radical (unpaired) electrons. The van der Waals surface area contributed by atoms with Gasteiger partial charge in [0.25, 0.3) is 10.0 Å². The average molecular weight is 418 g/mol. The maximum absolute atomic E-state index is 13.5. The van der Waals surface area contributed by atoms with Gasteiger partial charge < -0.3 is 4.90 Å². The molecule has 2 aromatic carbocycles. The van der Waals surface area contributed by atoms with Gasteiger partial charge in [0, 0.05) is 30.3 Å². The molecule has 0 unspecified atom stereocenters. The van der Waals surface area contributed by atoms with Gasteiger partial charge in [0.05, 0.1) is 5.69 Å². The number of hydrogen-bond acceptors (Lipinski definition) is 5. The Labute approximate surface area is 165 Å². The summed E-state index contributed by atoms with van der Waals surface area (Å²) < 4.78 is 55.0. The van der Waals surface area contributed by atoms with Gasteiger partial charge in [0.2, 0.25) is 11.6 Å². The van der Waals surface area contributed by atoms with Crippen LogP contribution in [0.4, 0.5) is 14.5 Å². The van der Waals surface area contributed by atoms with Crippen molar-refractivity contribution in [2.24, 2.45) is 0 Å². The van der Waals surface area contributed by atoms with Gasteiger partial charge in [0.15, 0.2) is 16.5 Å². The van der Waals surface area contributed by atoms with E-state index in [4.69, 9.17) is 0 Å². The molecule has 150 valence electrons. The highest BCUT2D eigenvalue weighted by molar-refractivity contribution is 7.97. The Kier molecular flexibility index (Phi) is 4.70. The fraction of sp³-hybridized carbons (Fsp3) is 0.200. The van der Waals surface area contributed by atoms with Gasteiger partial charge in [-0.1, -0.05) is 24.3 Å². The number of nitrogens with zero attached hydrogens (tertiary/aromatic N) is 1. The lowest BCUT2D eigenvalue weighted by molar-refractivity contribution is 0.0953. The van der Waals surface area contributed by atoms with Crippen LogP contribution in [0.2, 0.25) is 0 Å². The highest BCUT2D eigenvalue weighted by atomic mass is 32.2. The summed E-state index contributed by atoms with van der Waals surface area (Å²) >= 11 is 0. The van der Waals surface area contributed by atoms with Crippen molar-refractivity contribution < 1.29 is 26.8 Å². The maximum atomic E-state index is 13.5. The minimum absolute atomic E-state index is 0.00823. The Hall–Kier alpha value is -3.07. The van der Waals surface area contributed by atoms with Crippen molar-refractivity contribution in [3.63, 3.8) is 0 Å². The molecule has 4 rings (SSSR count). The number of ketones is 2. The molecule has 9 heteroatoms. The fourth-order valence-electron chi connectivity index (χ4n) is 3.58. The third kappa shape index (κ3) is 3.31. The number of sulfonamides is 1. The van der Waals surface area contributed by atoms with Gasteiger partial charge in [-0.25, -0.2) is 17.2 Å². The molecule has 0 spiro atoms. The van der Waals surface area contributed by atoms with Crippen molar-refractivity contribution in [1.29, 1.82) is 0 Å². The van der Waals surface area contributed by atoms with Crippen molar-refractivity contribution >= 4 is 27.3 Å². The molecular weight excluding hydrogens is 402 g/mol. The smallest absolute Gasteiger partial charge is 0.268 e. The van der Waals surface area contributed by atoms with E-state index in [0.29, 0.717) is 19.2 Å². The van der Waals surface area contributed by atoms with E-state index in [-0.39, 0.29) is 22.5 Å². The molecule has 1 N–H and O–H groups in total. The molecule has 0 bridgehead atoms. The highest BCUT2D eigenvalue weighted by Crippen LogP contribution is 2.33. The minimum atomic E-state index is -4.55. The van der Waals surface area contributed by atoms with Crippen molar-refractivity contribution in [1.82, 2.24) is 4.90 Å². The van der Waals surface area contributed by atoms with Gasteiger partial charge in [-0.2, -0.15) is 0 Å². The van der Waals surface area contributed by atoms with Crippen LogP contribution in [0.15, 0.2) is 53.1 Å². The summed E-state index contributed by atoms with van der Waals surface area (Å²) in [7, 11) is -4.55. The van der Waals surface area contributed by atoms with E-state index in [2.05, 4.69) is 4.72 Å². The first kappa shape index (κ1) is 19.3. The standard InChI is InChI=1S/C20H16F2N2O4S/c21-15-8-7-12(11-16(15)22)23-29(27,28)20-17(24-9-3-4-10-24)18(25)13-5-1-2-6-14(13)19(20)26/h1-2,5-8,11,23H,3-4,9-10H2. The SMILES string of the molecule is O=C1C(N2CCCC2)=C(S(=O)(=O)Nc2ccc(F)c(F)c2)C(=O)c2ccccc21. The van der Waals surface area contributed by atoms with Crippen LogP contribution >= 0.6 is 0 Å². The number of nitrogens with one attached hydrogen (secondary N) is 1. The molecule has 1 fully saturated rings. The Balaban J connectivity index is 1.86. The van der Waals surface area contributed by atoms with E-state index >= 15 is 0 Å². The first-order chi connectivity index (χ1) is 13.8. The summed E-state index contributed by atoms with van der Waals surface area (Å²) in [5.41, 5.74) is -0.296. The lowest BCUT2D eigenvalue weighted by atomic mass is 9.92. The number of halogens is 2. The van der Waals surface area contributed by atoms with Crippen LogP contribution in [0, 0.1) is 11.6 Å². The van der Waals surface area contributed by atoms with Crippen molar-refractivity contribution in [2.45, 2.75) is 12.8 Å². The minimum Gasteiger partial charge on any atom is -0.367 e. The predicted octanol–water partition coefficient (Wildman–Crippen LogP) is 3.09. The molecule has 2 aromatic rings. The molecule has 0 amide bonds. The van der Waals surface area contributed by atoms with Crippen LogP contribution < -0.4 is 4.72 Å². The number of carbonyl (C=O) groups excluding carboxylic acids is 2. The lowest BCUT2D eigenvalue weighted by Gasteiger charge is -2.27. The molecule has 29 heavy (non-hydrogen) atoms. The van der Waals surface area contributed by atoms with Gasteiger partial charge in [-0.3, -0.25) is 14.3 Å². The average Bonchev–Trinajstić information content (AvgIpc) is 3.21. The van der Waals surface area contributed by atoms with Gasteiger partial charge in [0.1, 0.15) is 5.70 Å². The summed E-state index contributed by atoms with van der Waals surface area (Å²) in [4.78, 5) is 27.1. The third-order valence-electron chi connectivity index (χ3n) is 4.92. The van der Waals surface area contributed by atoms with Crippen LogP contribution in [0.3, 0.4) is 0 Å². The predicted molar refractivity (Wildman–Crippen MR) is 102 cm³/mol. The molecule has 1 aliphatic carbocycles. The quantitative estimate of drug-likeness (QED) is 0.825. The second kappa shape index (κ2) is 7.07. The molecule has 1 aliphatic heterocycles. The molecule has 1 heterocycles. The fourth-order valence-corrected chi connectivity index (χ4v) is 4.95. The lowest BCUT2D eigenvalue weighted by Crippen LogP contribution is -2.36. The summed E-state index contributed by atoms with van der Waals surface area (Å²) in [6, 6.07) is 8.50. The number of likely N-dealkylation sites (tertiary alicyclic amines) is 1. The van der Waals surface area contributed by atoms with E-state index in [0.717, 1.165) is 25.0 Å². The van der Waals surface area contributed by atoms with Gasteiger partial charge in [-0.15, -0.1) is 0 Å². The monoisotopic (exact) mass is 418 g/mol. The van der Waals surface area contributed by atoms with Crippen LogP contribution in [0.25, 0.3) is 0 Å². The number of fused-ring (bicyclic) bond motifs is 1. The third-order valence-corrected chi connectivity index (χ3v) is 6.34. The van der Waals surface area contributed by atoms with E-state index in [9.17, 15) is 26.8 Å². The normalized spacial score (nSPS) is 17.0. The second-order valence-corrected chi connectivity index (χ2v) is 8.43. The zero-order valence-corrected chi connectivity index (χ0v) is 15.9. The molecule has 6 nitrogen and oxygen atoms in total. The first-order valence-electron chi connectivity index (χ1n) is 8.95.